The van der Waals surface area contributed by atoms with Gasteiger partial charge in [0.05, 0.1) is 10.8 Å². The molecule has 3 aromatic rings. The minimum Gasteiger partial charge on any atom is -0.481 e. The van der Waals surface area contributed by atoms with Crippen LogP contribution in [0.2, 0.25) is 0 Å². The van der Waals surface area contributed by atoms with Crippen LogP contribution in [0.5, 0.6) is 5.75 Å². The largest absolute Gasteiger partial charge is 0.481 e. The summed E-state index contributed by atoms with van der Waals surface area (Å²) in [6, 6.07) is 12.5. The number of aromatic nitrogens is 1. The number of aliphatic carboxylic acids is 1. The van der Waals surface area contributed by atoms with E-state index in [0.717, 1.165) is 21.6 Å². The highest BCUT2D eigenvalue weighted by molar-refractivity contribution is 5.97. The fourth-order valence-electron chi connectivity index (χ4n) is 4.62. The number of nitrogens with one attached hydrogen (secondary N) is 1. The van der Waals surface area contributed by atoms with Gasteiger partial charge in [0.2, 0.25) is 0 Å². The highest BCUT2D eigenvalue weighted by Crippen LogP contribution is 2.36. The van der Waals surface area contributed by atoms with E-state index in [0.29, 0.717) is 10.8 Å². The molecular weight excluding hydrogens is 444 g/mol. The third kappa shape index (κ3) is 4.81. The van der Waals surface area contributed by atoms with Crippen LogP contribution in [-0.4, -0.2) is 46.1 Å². The van der Waals surface area contributed by atoms with E-state index in [1.807, 2.05) is 31.2 Å². The first kappa shape index (κ1) is 16.9. The number of carboxylic acid groups (broad SMARTS) is 1. The number of benzene rings is 2. The lowest BCUT2D eigenvalue weighted by atomic mass is 9.76. The number of hydrogen-bond acceptors (Lipinski definition) is 4. The lowest BCUT2D eigenvalue weighted by Crippen LogP contribution is -2.52. The molecule has 0 unspecified atom stereocenters. The number of amides is 1. The predicted molar refractivity (Wildman–Crippen MR) is 136 cm³/mol. The fraction of sp³-hybridized carbons (Fsp3) is 0.393. The normalized spacial score (nSPS) is 23.0. The van der Waals surface area contributed by atoms with E-state index in [1.54, 1.807) is 18.3 Å². The Morgan fingerprint density at radius 1 is 1.26 bits per heavy atom. The van der Waals surface area contributed by atoms with Crippen molar-refractivity contribution in [3.63, 3.8) is 0 Å². The Bertz CT molecular complexity index is 1590. The van der Waals surface area contributed by atoms with Crippen LogP contribution in [0.25, 0.3) is 21.9 Å². The number of likely N-dealkylation sites (tertiary alicyclic amines) is 1. The molecule has 0 saturated carbocycles. The first-order valence-electron chi connectivity index (χ1n) is 14.8. The monoisotopic (exact) mass is 483 g/mol. The number of piperidine rings is 1. The van der Waals surface area contributed by atoms with Crippen molar-refractivity contribution in [2.75, 3.05) is 13.1 Å². The summed E-state index contributed by atoms with van der Waals surface area (Å²) in [4.78, 5) is 42.3. The van der Waals surface area contributed by atoms with Crippen LogP contribution in [-0.2, 0) is 9.59 Å². The molecule has 0 radical (unpaired) electrons. The number of carbonyl (C=O) groups is 2. The molecule has 1 saturated heterocycles. The summed E-state index contributed by atoms with van der Waals surface area (Å²) in [6.07, 6.45) is -6.76. The summed E-state index contributed by atoms with van der Waals surface area (Å²) in [5, 5.41) is 11.1. The molecule has 0 bridgehead atoms. The van der Waals surface area contributed by atoms with Crippen molar-refractivity contribution >= 4 is 22.6 Å². The van der Waals surface area contributed by atoms with Crippen LogP contribution < -0.4 is 10.3 Å². The van der Waals surface area contributed by atoms with Crippen LogP contribution in [0.1, 0.15) is 54.5 Å². The Morgan fingerprint density at radius 2 is 2.06 bits per heavy atom. The Morgan fingerprint density at radius 3 is 2.80 bits per heavy atom. The summed E-state index contributed by atoms with van der Waals surface area (Å²) in [5.74, 6) is -2.22. The van der Waals surface area contributed by atoms with Crippen LogP contribution in [0, 0.1) is 12.3 Å². The number of aryl methyl sites for hydroxylation is 1. The molecule has 35 heavy (non-hydrogen) atoms. The summed E-state index contributed by atoms with van der Waals surface area (Å²) >= 11 is 0. The van der Waals surface area contributed by atoms with E-state index in [4.69, 9.17) is 14.3 Å². The minimum atomic E-state index is -3.51. The standard InChI is InChI=1S/C28H32N2O5/c1-4-12-28(27(33)34)13-7-14-30(17-28)26(32)19(3)35-20-10-11-22-23(15-20)25(31)29-16-24(22)21-9-6-5-8-18(21)2/h5-6,8-11,15-16,19H,4,7,12-14,17H2,1-3H3,(H,29,31)(H,33,34)/t19-,28-/m1/s1/i1D3,4D2,12D2. The van der Waals surface area contributed by atoms with Gasteiger partial charge in [-0.05, 0) is 67.8 Å². The third-order valence-corrected chi connectivity index (χ3v) is 6.48. The maximum atomic E-state index is 13.4. The van der Waals surface area contributed by atoms with Gasteiger partial charge in [-0.3, -0.25) is 14.4 Å². The second-order valence-corrected chi connectivity index (χ2v) is 8.81. The molecule has 184 valence electrons. The van der Waals surface area contributed by atoms with E-state index >= 15 is 0 Å². The Balaban J connectivity index is 1.61. The Kier molecular flexibility index (Phi) is 4.81. The van der Waals surface area contributed by atoms with E-state index in [9.17, 15) is 19.5 Å². The first-order valence-corrected chi connectivity index (χ1v) is 11.3. The van der Waals surface area contributed by atoms with E-state index in [2.05, 4.69) is 4.98 Å². The zero-order chi connectivity index (χ0) is 31.3. The molecule has 1 aliphatic heterocycles. The van der Waals surface area contributed by atoms with Gasteiger partial charge in [-0.25, -0.2) is 0 Å². The molecule has 2 heterocycles. The molecule has 4 rings (SSSR count). The number of carboxylic acids is 1. The molecular formula is C28H32N2O5. The van der Waals surface area contributed by atoms with Gasteiger partial charge in [0, 0.05) is 34.4 Å². The topological polar surface area (TPSA) is 99.7 Å². The lowest BCUT2D eigenvalue weighted by Gasteiger charge is -2.40. The van der Waals surface area contributed by atoms with E-state index in [1.165, 1.54) is 13.0 Å². The molecule has 1 aromatic heterocycles. The zero-order valence-electron chi connectivity index (χ0n) is 26.6. The number of ether oxygens (including phenoxy) is 1. The van der Waals surface area contributed by atoms with Crippen molar-refractivity contribution in [2.45, 2.75) is 52.4 Å². The summed E-state index contributed by atoms with van der Waals surface area (Å²) in [5.41, 5.74) is -0.116. The highest BCUT2D eigenvalue weighted by Gasteiger charge is 2.43. The number of aromatic amines is 1. The molecule has 1 aliphatic rings. The van der Waals surface area contributed by atoms with Crippen molar-refractivity contribution in [1.82, 2.24) is 9.88 Å². The predicted octanol–water partition coefficient (Wildman–Crippen LogP) is 4.76. The van der Waals surface area contributed by atoms with Crippen LogP contribution in [0.3, 0.4) is 0 Å². The number of H-pyrrole nitrogens is 1. The van der Waals surface area contributed by atoms with Gasteiger partial charge in [-0.1, -0.05) is 37.5 Å². The second-order valence-electron chi connectivity index (χ2n) is 8.81. The lowest BCUT2D eigenvalue weighted by molar-refractivity contribution is -0.157. The van der Waals surface area contributed by atoms with Crippen LogP contribution in [0.4, 0.5) is 0 Å². The number of carbonyl (C=O) groups excluding carboxylic acids is 1. The molecule has 2 N–H and O–H groups in total. The first-order chi connectivity index (χ1) is 19.4. The molecule has 1 amide bonds. The third-order valence-electron chi connectivity index (χ3n) is 6.48. The van der Waals surface area contributed by atoms with Crippen molar-refractivity contribution in [3.05, 3.63) is 64.6 Å². The van der Waals surface area contributed by atoms with Crippen molar-refractivity contribution in [1.29, 1.82) is 0 Å². The van der Waals surface area contributed by atoms with Crippen LogP contribution >= 0.6 is 0 Å². The Labute approximate surface area is 214 Å². The summed E-state index contributed by atoms with van der Waals surface area (Å²) in [6.45, 7) is -0.762. The average molecular weight is 484 g/mol. The number of nitrogens with zero attached hydrogens (tertiary/aromatic N) is 1. The van der Waals surface area contributed by atoms with Gasteiger partial charge in [0.25, 0.3) is 11.5 Å². The minimum absolute atomic E-state index is 0.00831. The van der Waals surface area contributed by atoms with E-state index < -0.39 is 49.5 Å². The van der Waals surface area contributed by atoms with Gasteiger partial charge >= 0.3 is 5.97 Å². The maximum absolute atomic E-state index is 13.4. The van der Waals surface area contributed by atoms with Crippen molar-refractivity contribution < 1.29 is 29.0 Å². The molecule has 0 spiro atoms. The van der Waals surface area contributed by atoms with E-state index in [-0.39, 0.29) is 30.7 Å². The van der Waals surface area contributed by atoms with Crippen LogP contribution in [0.15, 0.2) is 53.5 Å². The van der Waals surface area contributed by atoms with Crippen molar-refractivity contribution in [3.8, 4) is 16.9 Å². The summed E-state index contributed by atoms with van der Waals surface area (Å²) in [7, 11) is 0. The average Bonchev–Trinajstić information content (AvgIpc) is 2.92. The van der Waals surface area contributed by atoms with Gasteiger partial charge in [-0.2, -0.15) is 0 Å². The summed E-state index contributed by atoms with van der Waals surface area (Å²) < 4.78 is 61.2. The fourth-order valence-corrected chi connectivity index (χ4v) is 4.62. The molecule has 1 fully saturated rings. The zero-order valence-corrected chi connectivity index (χ0v) is 19.6. The number of rotatable bonds is 7. The number of fused-ring (bicyclic) bond motifs is 1. The molecule has 2 atom stereocenters. The van der Waals surface area contributed by atoms with Gasteiger partial charge in [0.15, 0.2) is 6.10 Å². The highest BCUT2D eigenvalue weighted by atomic mass is 16.5. The smallest absolute Gasteiger partial charge is 0.311 e. The Hall–Kier alpha value is -3.61. The van der Waals surface area contributed by atoms with Gasteiger partial charge in [0.1, 0.15) is 5.75 Å². The maximum Gasteiger partial charge on any atom is 0.311 e. The number of hydrogen-bond donors (Lipinski definition) is 2. The quantitative estimate of drug-likeness (QED) is 0.505. The molecule has 2 aromatic carbocycles. The second kappa shape index (κ2) is 9.94. The molecule has 0 aliphatic carbocycles. The van der Waals surface area contributed by atoms with Gasteiger partial charge < -0.3 is 19.7 Å². The molecule has 7 heteroatoms. The SMILES string of the molecule is [2H]C([2H])([2H])C([2H])([2H])C([2H])([2H])[C@@]1(C(=O)O)CCCN(C(=O)[C@@H](C)Oc2ccc3c(-c4ccccc4C)c[nH]c(=O)c3c2)C1. The van der Waals surface area contributed by atoms with Gasteiger partial charge in [-0.15, -0.1) is 0 Å². The molecule has 7 nitrogen and oxygen atoms in total. The number of pyridine rings is 1. The van der Waals surface area contributed by atoms with Crippen molar-refractivity contribution in [2.24, 2.45) is 5.41 Å².